The fourth-order valence-electron chi connectivity index (χ4n) is 1.04. The Morgan fingerprint density at radius 2 is 2.36 bits per heavy atom. The Morgan fingerprint density at radius 3 is 2.91 bits per heavy atom. The van der Waals surface area contributed by atoms with Crippen molar-refractivity contribution in [1.29, 1.82) is 0 Å². The summed E-state index contributed by atoms with van der Waals surface area (Å²) in [5.74, 6) is 0. The van der Waals surface area contributed by atoms with Gasteiger partial charge in [-0.1, -0.05) is 29.3 Å². The van der Waals surface area contributed by atoms with Gasteiger partial charge in [-0.05, 0) is 6.42 Å². The van der Waals surface area contributed by atoms with Crippen molar-refractivity contribution in [3.63, 3.8) is 0 Å². The molecule has 0 aliphatic carbocycles. The third-order valence-electron chi connectivity index (χ3n) is 1.79. The number of rotatable bonds is 4. The van der Waals surface area contributed by atoms with Crippen molar-refractivity contribution >= 4 is 15.9 Å². The Hall–Kier alpha value is 0.400. The molecule has 1 aliphatic rings. The molecule has 0 aromatic rings. The lowest BCUT2D eigenvalue weighted by Crippen LogP contribution is -2.22. The summed E-state index contributed by atoms with van der Waals surface area (Å²) in [7, 11) is 0. The number of alkyl halides is 1. The van der Waals surface area contributed by atoms with Crippen molar-refractivity contribution in [1.82, 2.24) is 0 Å². The second kappa shape index (κ2) is 5.12. The SMILES string of the molecule is CCCCOC1COCC1Br. The molecule has 1 rings (SSSR count). The zero-order valence-electron chi connectivity index (χ0n) is 6.88. The van der Waals surface area contributed by atoms with E-state index < -0.39 is 0 Å². The van der Waals surface area contributed by atoms with E-state index in [1.54, 1.807) is 0 Å². The molecule has 0 aromatic heterocycles. The second-order valence-corrected chi connectivity index (χ2v) is 3.99. The molecule has 11 heavy (non-hydrogen) atoms. The minimum absolute atomic E-state index is 0.279. The van der Waals surface area contributed by atoms with Crippen LogP contribution in [-0.2, 0) is 9.47 Å². The maximum absolute atomic E-state index is 5.58. The van der Waals surface area contributed by atoms with E-state index in [1.807, 2.05) is 0 Å². The highest BCUT2D eigenvalue weighted by atomic mass is 79.9. The third-order valence-corrected chi connectivity index (χ3v) is 2.65. The van der Waals surface area contributed by atoms with Gasteiger partial charge in [-0.3, -0.25) is 0 Å². The summed E-state index contributed by atoms with van der Waals surface area (Å²) in [6.07, 6.45) is 2.62. The lowest BCUT2D eigenvalue weighted by Gasteiger charge is -2.12. The quantitative estimate of drug-likeness (QED) is 0.535. The second-order valence-electron chi connectivity index (χ2n) is 2.82. The molecule has 0 bridgehead atoms. The highest BCUT2D eigenvalue weighted by Gasteiger charge is 2.25. The van der Waals surface area contributed by atoms with Crippen LogP contribution in [0.4, 0.5) is 0 Å². The summed E-state index contributed by atoms with van der Waals surface area (Å²) in [6, 6.07) is 0. The fourth-order valence-corrected chi connectivity index (χ4v) is 1.53. The van der Waals surface area contributed by atoms with Crippen LogP contribution in [0.3, 0.4) is 0 Å². The number of hydrogen-bond acceptors (Lipinski definition) is 2. The van der Waals surface area contributed by atoms with E-state index in [4.69, 9.17) is 9.47 Å². The van der Waals surface area contributed by atoms with Crippen molar-refractivity contribution in [2.75, 3.05) is 19.8 Å². The van der Waals surface area contributed by atoms with Gasteiger partial charge in [0.1, 0.15) is 0 Å². The number of ether oxygens (including phenoxy) is 2. The molecule has 0 saturated carbocycles. The molecule has 3 heteroatoms. The Labute approximate surface area is 76.4 Å². The Morgan fingerprint density at radius 1 is 1.55 bits per heavy atom. The lowest BCUT2D eigenvalue weighted by molar-refractivity contribution is 0.0433. The third kappa shape index (κ3) is 3.09. The van der Waals surface area contributed by atoms with Crippen LogP contribution in [0.1, 0.15) is 19.8 Å². The standard InChI is InChI=1S/C8H15BrO2/c1-2-3-4-11-8-6-10-5-7(8)9/h7-8H,2-6H2,1H3. The minimum atomic E-state index is 0.279. The van der Waals surface area contributed by atoms with Crippen molar-refractivity contribution < 1.29 is 9.47 Å². The minimum Gasteiger partial charge on any atom is -0.377 e. The first kappa shape index (κ1) is 9.49. The maximum Gasteiger partial charge on any atom is 0.0955 e. The van der Waals surface area contributed by atoms with Gasteiger partial charge < -0.3 is 9.47 Å². The summed E-state index contributed by atoms with van der Waals surface area (Å²) < 4.78 is 10.8. The molecule has 0 aromatic carbocycles. The van der Waals surface area contributed by atoms with E-state index in [0.29, 0.717) is 4.83 Å². The molecule has 1 heterocycles. The van der Waals surface area contributed by atoms with E-state index in [0.717, 1.165) is 26.2 Å². The van der Waals surface area contributed by atoms with Gasteiger partial charge >= 0.3 is 0 Å². The van der Waals surface area contributed by atoms with Crippen molar-refractivity contribution in [3.05, 3.63) is 0 Å². The van der Waals surface area contributed by atoms with Crippen LogP contribution >= 0.6 is 15.9 Å². The summed E-state index contributed by atoms with van der Waals surface area (Å²) in [5, 5.41) is 0. The van der Waals surface area contributed by atoms with Crippen LogP contribution in [0.15, 0.2) is 0 Å². The van der Waals surface area contributed by atoms with E-state index in [1.165, 1.54) is 6.42 Å². The Kier molecular flexibility index (Phi) is 4.41. The molecule has 1 saturated heterocycles. The molecular formula is C8H15BrO2. The molecule has 66 valence electrons. The zero-order valence-corrected chi connectivity index (χ0v) is 8.47. The van der Waals surface area contributed by atoms with E-state index in [9.17, 15) is 0 Å². The number of halogens is 1. The molecule has 2 nitrogen and oxygen atoms in total. The van der Waals surface area contributed by atoms with Gasteiger partial charge in [0, 0.05) is 6.61 Å². The smallest absolute Gasteiger partial charge is 0.0955 e. The largest absolute Gasteiger partial charge is 0.377 e. The van der Waals surface area contributed by atoms with Crippen molar-refractivity contribution in [2.24, 2.45) is 0 Å². The van der Waals surface area contributed by atoms with Gasteiger partial charge in [0.25, 0.3) is 0 Å². The lowest BCUT2D eigenvalue weighted by atomic mass is 10.3. The van der Waals surface area contributed by atoms with Gasteiger partial charge in [0.2, 0.25) is 0 Å². The monoisotopic (exact) mass is 222 g/mol. The van der Waals surface area contributed by atoms with Crippen LogP contribution in [0, 0.1) is 0 Å². The molecule has 2 unspecified atom stereocenters. The first-order valence-electron chi connectivity index (χ1n) is 4.18. The summed E-state index contributed by atoms with van der Waals surface area (Å²) in [4.78, 5) is 0.402. The Balaban J connectivity index is 2.05. The normalized spacial score (nSPS) is 31.1. The molecule has 0 radical (unpaired) electrons. The highest BCUT2D eigenvalue weighted by molar-refractivity contribution is 9.09. The first-order chi connectivity index (χ1) is 5.34. The first-order valence-corrected chi connectivity index (χ1v) is 5.09. The van der Waals surface area contributed by atoms with Crippen molar-refractivity contribution in [2.45, 2.75) is 30.7 Å². The maximum atomic E-state index is 5.58. The van der Waals surface area contributed by atoms with E-state index in [-0.39, 0.29) is 6.10 Å². The fraction of sp³-hybridized carbons (Fsp3) is 1.00. The predicted molar refractivity (Wildman–Crippen MR) is 48.2 cm³/mol. The summed E-state index contributed by atoms with van der Waals surface area (Å²) in [6.45, 7) is 4.57. The highest BCUT2D eigenvalue weighted by Crippen LogP contribution is 2.17. The van der Waals surface area contributed by atoms with Gasteiger partial charge in [-0.15, -0.1) is 0 Å². The average molecular weight is 223 g/mol. The van der Waals surface area contributed by atoms with Crippen LogP contribution in [0.5, 0.6) is 0 Å². The van der Waals surface area contributed by atoms with Crippen LogP contribution in [0.2, 0.25) is 0 Å². The van der Waals surface area contributed by atoms with Gasteiger partial charge in [0.05, 0.1) is 24.1 Å². The van der Waals surface area contributed by atoms with E-state index in [2.05, 4.69) is 22.9 Å². The predicted octanol–water partition coefficient (Wildman–Crippen LogP) is 1.97. The van der Waals surface area contributed by atoms with Crippen LogP contribution < -0.4 is 0 Å². The molecular weight excluding hydrogens is 208 g/mol. The number of unbranched alkanes of at least 4 members (excludes halogenated alkanes) is 1. The van der Waals surface area contributed by atoms with Crippen molar-refractivity contribution in [3.8, 4) is 0 Å². The summed E-state index contributed by atoms with van der Waals surface area (Å²) >= 11 is 3.51. The topological polar surface area (TPSA) is 18.5 Å². The zero-order chi connectivity index (χ0) is 8.10. The molecule has 0 amide bonds. The molecule has 0 N–H and O–H groups in total. The molecule has 1 fully saturated rings. The van der Waals surface area contributed by atoms with Gasteiger partial charge in [-0.2, -0.15) is 0 Å². The van der Waals surface area contributed by atoms with E-state index >= 15 is 0 Å². The Bertz CT molecular complexity index is 108. The molecule has 0 spiro atoms. The molecule has 1 aliphatic heterocycles. The summed E-state index contributed by atoms with van der Waals surface area (Å²) in [5.41, 5.74) is 0. The van der Waals surface area contributed by atoms with Crippen LogP contribution in [0.25, 0.3) is 0 Å². The number of hydrogen-bond donors (Lipinski definition) is 0. The van der Waals surface area contributed by atoms with Gasteiger partial charge in [0.15, 0.2) is 0 Å². The average Bonchev–Trinajstić information content (AvgIpc) is 2.37. The van der Waals surface area contributed by atoms with Crippen LogP contribution in [-0.4, -0.2) is 30.8 Å². The molecule has 2 atom stereocenters. The van der Waals surface area contributed by atoms with Gasteiger partial charge in [-0.25, -0.2) is 0 Å².